The predicted octanol–water partition coefficient (Wildman–Crippen LogP) is 6.03. The summed E-state index contributed by atoms with van der Waals surface area (Å²) in [5.41, 5.74) is 3.11. The quantitative estimate of drug-likeness (QED) is 0.297. The van der Waals surface area contributed by atoms with Crippen LogP contribution < -0.4 is 14.2 Å². The Bertz CT molecular complexity index is 1180. The Kier molecular flexibility index (Phi) is 6.61. The molecule has 3 aromatic rings. The van der Waals surface area contributed by atoms with Crippen molar-refractivity contribution >= 4 is 33.7 Å². The minimum atomic E-state index is -0.398. The topological polar surface area (TPSA) is 54.0 Å². The Balaban J connectivity index is 1.52. The van der Waals surface area contributed by atoms with Gasteiger partial charge in [0.2, 0.25) is 0 Å². The lowest BCUT2D eigenvalue weighted by molar-refractivity contribution is -0.130. The third kappa shape index (κ3) is 5.03. The average molecular weight is 493 g/mol. The second-order valence-electron chi connectivity index (χ2n) is 7.05. The van der Waals surface area contributed by atoms with Crippen LogP contribution in [0.2, 0.25) is 0 Å². The molecule has 1 heterocycles. The van der Waals surface area contributed by atoms with Crippen molar-refractivity contribution in [2.45, 2.75) is 6.61 Å². The fourth-order valence-corrected chi connectivity index (χ4v) is 3.47. The molecule has 162 valence electrons. The third-order valence-electron chi connectivity index (χ3n) is 4.92. The molecule has 1 aliphatic rings. The summed E-state index contributed by atoms with van der Waals surface area (Å²) in [6.07, 6.45) is 3.49. The van der Waals surface area contributed by atoms with Crippen LogP contribution in [0.3, 0.4) is 0 Å². The van der Waals surface area contributed by atoms with Gasteiger partial charge in [-0.1, -0.05) is 34.1 Å². The highest BCUT2D eigenvalue weighted by atomic mass is 79.9. The van der Waals surface area contributed by atoms with Crippen molar-refractivity contribution in [1.82, 2.24) is 0 Å². The molecule has 3 aromatic carbocycles. The summed E-state index contributed by atoms with van der Waals surface area (Å²) in [5, 5.41) is 0. The van der Waals surface area contributed by atoms with Crippen LogP contribution in [0.4, 0.5) is 0 Å². The van der Waals surface area contributed by atoms with Crippen LogP contribution in [0, 0.1) is 0 Å². The van der Waals surface area contributed by atoms with Gasteiger partial charge in [-0.3, -0.25) is 0 Å². The van der Waals surface area contributed by atoms with E-state index in [1.165, 1.54) is 0 Å². The molecule has 0 bridgehead atoms. The molecular weight excluding hydrogens is 472 g/mol. The molecule has 6 heteroatoms. The Morgan fingerprint density at radius 3 is 2.34 bits per heavy atom. The summed E-state index contributed by atoms with van der Waals surface area (Å²) in [6.45, 7) is 0.421. The van der Waals surface area contributed by atoms with Gasteiger partial charge in [0.1, 0.15) is 18.1 Å². The van der Waals surface area contributed by atoms with E-state index in [9.17, 15) is 4.79 Å². The van der Waals surface area contributed by atoms with Crippen molar-refractivity contribution < 1.29 is 23.7 Å². The molecule has 0 aromatic heterocycles. The molecule has 0 saturated heterocycles. The number of benzene rings is 3. The maximum atomic E-state index is 12.4. The molecule has 4 rings (SSSR count). The number of methoxy groups -OCH3 is 2. The van der Waals surface area contributed by atoms with Gasteiger partial charge in [-0.05, 0) is 71.8 Å². The highest BCUT2D eigenvalue weighted by Gasteiger charge is 2.22. The average Bonchev–Trinajstić information content (AvgIpc) is 3.19. The van der Waals surface area contributed by atoms with Crippen LogP contribution in [-0.2, 0) is 16.1 Å². The lowest BCUT2D eigenvalue weighted by atomic mass is 10.1. The fourth-order valence-electron chi connectivity index (χ4n) is 3.20. The summed E-state index contributed by atoms with van der Waals surface area (Å²) in [5.74, 6) is 2.06. The van der Waals surface area contributed by atoms with E-state index >= 15 is 0 Å². The molecule has 0 aliphatic carbocycles. The first-order valence-corrected chi connectivity index (χ1v) is 10.7. The third-order valence-corrected chi connectivity index (χ3v) is 5.45. The highest BCUT2D eigenvalue weighted by molar-refractivity contribution is 9.10. The van der Waals surface area contributed by atoms with Crippen LogP contribution >= 0.6 is 15.9 Å². The van der Waals surface area contributed by atoms with Gasteiger partial charge in [0.05, 0.1) is 19.8 Å². The molecule has 0 amide bonds. The Hall–Kier alpha value is -3.51. The number of hydrogen-bond acceptors (Lipinski definition) is 5. The first-order valence-electron chi connectivity index (χ1n) is 9.91. The van der Waals surface area contributed by atoms with Crippen LogP contribution in [0.1, 0.15) is 16.7 Å². The molecule has 5 nitrogen and oxygen atoms in total. The molecule has 0 unspecified atom stereocenters. The van der Waals surface area contributed by atoms with Gasteiger partial charge < -0.3 is 18.9 Å². The number of rotatable bonds is 7. The fraction of sp³-hybridized carbons (Fsp3) is 0.115. The maximum Gasteiger partial charge on any atom is 0.343 e. The summed E-state index contributed by atoms with van der Waals surface area (Å²) < 4.78 is 23.0. The van der Waals surface area contributed by atoms with Crippen molar-refractivity contribution in [2.75, 3.05) is 14.2 Å². The van der Waals surface area contributed by atoms with Gasteiger partial charge in [-0.25, -0.2) is 4.79 Å². The number of cyclic esters (lactones) is 1. The van der Waals surface area contributed by atoms with Crippen molar-refractivity contribution in [3.8, 4) is 17.2 Å². The number of halogens is 1. The Labute approximate surface area is 195 Å². The lowest BCUT2D eigenvalue weighted by Crippen LogP contribution is -1.99. The maximum absolute atomic E-state index is 12.4. The predicted molar refractivity (Wildman–Crippen MR) is 127 cm³/mol. The monoisotopic (exact) mass is 492 g/mol. The molecule has 1 aliphatic heterocycles. The van der Waals surface area contributed by atoms with E-state index in [2.05, 4.69) is 15.9 Å². The molecule has 0 spiro atoms. The number of carbonyl (C=O) groups is 1. The normalized spacial score (nSPS) is 14.2. The van der Waals surface area contributed by atoms with Crippen molar-refractivity contribution in [2.24, 2.45) is 0 Å². The van der Waals surface area contributed by atoms with Crippen LogP contribution in [0.5, 0.6) is 17.2 Å². The van der Waals surface area contributed by atoms with Crippen LogP contribution in [0.25, 0.3) is 11.8 Å². The second kappa shape index (κ2) is 9.75. The smallest absolute Gasteiger partial charge is 0.343 e. The van der Waals surface area contributed by atoms with Crippen molar-refractivity contribution in [1.29, 1.82) is 0 Å². The van der Waals surface area contributed by atoms with Crippen molar-refractivity contribution in [3.05, 3.63) is 99.5 Å². The molecule has 0 atom stereocenters. The first-order chi connectivity index (χ1) is 15.6. The summed E-state index contributed by atoms with van der Waals surface area (Å²) in [7, 11) is 3.19. The first kappa shape index (κ1) is 21.7. The molecule has 32 heavy (non-hydrogen) atoms. The van der Waals surface area contributed by atoms with Gasteiger partial charge in [-0.2, -0.15) is 0 Å². The minimum Gasteiger partial charge on any atom is -0.497 e. The van der Waals surface area contributed by atoms with Crippen LogP contribution in [-0.4, -0.2) is 20.2 Å². The van der Waals surface area contributed by atoms with Gasteiger partial charge in [0.25, 0.3) is 0 Å². The molecule has 0 radical (unpaired) electrons. The van der Waals surface area contributed by atoms with E-state index in [0.717, 1.165) is 26.9 Å². The van der Waals surface area contributed by atoms with E-state index in [1.54, 1.807) is 26.4 Å². The van der Waals surface area contributed by atoms with E-state index in [-0.39, 0.29) is 0 Å². The summed E-state index contributed by atoms with van der Waals surface area (Å²) >= 11 is 3.43. The van der Waals surface area contributed by atoms with Gasteiger partial charge in [-0.15, -0.1) is 0 Å². The SMILES string of the molecule is COc1ccc(C2=C/C(=C/c3ccc(OCc4ccc(Br)cc4)c(OC)c3)C(=O)O2)cc1. The summed E-state index contributed by atoms with van der Waals surface area (Å²) in [6, 6.07) is 20.8. The number of esters is 1. The minimum absolute atomic E-state index is 0.398. The zero-order chi connectivity index (χ0) is 22.5. The number of ether oxygens (including phenoxy) is 4. The zero-order valence-corrected chi connectivity index (χ0v) is 19.2. The molecule has 0 N–H and O–H groups in total. The standard InChI is InChI=1S/C26H21BrO5/c1-29-22-10-6-19(7-11-22)24-15-20(26(28)32-24)13-18-5-12-23(25(14-18)30-2)31-16-17-3-8-21(27)9-4-17/h3-15H,16H2,1-2H3/b20-13-. The number of carbonyl (C=O) groups excluding carboxylic acids is 1. The van der Waals surface area contributed by atoms with E-state index in [0.29, 0.717) is 29.4 Å². The van der Waals surface area contributed by atoms with E-state index in [4.69, 9.17) is 18.9 Å². The van der Waals surface area contributed by atoms with Crippen LogP contribution in [0.15, 0.2) is 82.9 Å². The summed E-state index contributed by atoms with van der Waals surface area (Å²) in [4.78, 5) is 12.4. The molecule has 0 saturated carbocycles. The molecule has 0 fully saturated rings. The Morgan fingerprint density at radius 1 is 0.906 bits per heavy atom. The number of hydrogen-bond donors (Lipinski definition) is 0. The van der Waals surface area contributed by atoms with Crippen molar-refractivity contribution in [3.63, 3.8) is 0 Å². The Morgan fingerprint density at radius 2 is 1.66 bits per heavy atom. The van der Waals surface area contributed by atoms with Gasteiger partial charge >= 0.3 is 5.97 Å². The van der Waals surface area contributed by atoms with E-state index < -0.39 is 5.97 Å². The van der Waals surface area contributed by atoms with Gasteiger partial charge in [0, 0.05) is 10.0 Å². The van der Waals surface area contributed by atoms with Gasteiger partial charge in [0.15, 0.2) is 11.5 Å². The molecular formula is C26H21BrO5. The second-order valence-corrected chi connectivity index (χ2v) is 7.97. The highest BCUT2D eigenvalue weighted by Crippen LogP contribution is 2.32. The largest absolute Gasteiger partial charge is 0.497 e. The lowest BCUT2D eigenvalue weighted by Gasteiger charge is -2.11. The zero-order valence-electron chi connectivity index (χ0n) is 17.6. The van der Waals surface area contributed by atoms with E-state index in [1.807, 2.05) is 66.7 Å².